The number of guanidine groups is 1. The van der Waals surface area contributed by atoms with E-state index in [1.165, 1.54) is 19.0 Å². The topological polar surface area (TPSA) is 61.8 Å². The monoisotopic (exact) mass is 399 g/mol. The number of benzene rings is 1. The van der Waals surface area contributed by atoms with Crippen molar-refractivity contribution in [2.45, 2.75) is 38.8 Å². The quantitative estimate of drug-likeness (QED) is 0.551. The van der Waals surface area contributed by atoms with Gasteiger partial charge in [0.25, 0.3) is 0 Å². The molecule has 0 amide bonds. The minimum absolute atomic E-state index is 0.183. The first-order valence-corrected chi connectivity index (χ1v) is 10.2. The predicted octanol–water partition coefficient (Wildman–Crippen LogP) is 3.55. The molecular weight excluding hydrogens is 369 g/mol. The summed E-state index contributed by atoms with van der Waals surface area (Å²) in [4.78, 5) is 10.8. The molecule has 0 unspecified atom stereocenters. The molecule has 1 aromatic carbocycles. The van der Waals surface area contributed by atoms with E-state index in [0.717, 1.165) is 37.5 Å². The Kier molecular flexibility index (Phi) is 7.81. The van der Waals surface area contributed by atoms with E-state index < -0.39 is 5.82 Å². The second-order valence-electron chi connectivity index (χ2n) is 7.24. The number of pyridine rings is 1. The molecule has 0 spiro atoms. The summed E-state index contributed by atoms with van der Waals surface area (Å²) >= 11 is 0. The van der Waals surface area contributed by atoms with Gasteiger partial charge >= 0.3 is 0 Å². The van der Waals surface area contributed by atoms with Gasteiger partial charge in [-0.3, -0.25) is 9.98 Å². The lowest BCUT2D eigenvalue weighted by Gasteiger charge is -2.32. The average Bonchev–Trinajstić information content (AvgIpc) is 2.75. The van der Waals surface area contributed by atoms with Gasteiger partial charge in [-0.1, -0.05) is 13.0 Å². The molecule has 0 radical (unpaired) electrons. The third-order valence-electron chi connectivity index (χ3n) is 5.01. The number of rotatable bonds is 7. The maximum Gasteiger partial charge on any atom is 0.191 e. The summed E-state index contributed by atoms with van der Waals surface area (Å²) in [5.74, 6) is 1.03. The highest BCUT2D eigenvalue weighted by atomic mass is 19.1. The summed E-state index contributed by atoms with van der Waals surface area (Å²) in [6.07, 6.45) is 6.61. The molecule has 29 heavy (non-hydrogen) atoms. The predicted molar refractivity (Wildman–Crippen MR) is 114 cm³/mol. The summed E-state index contributed by atoms with van der Waals surface area (Å²) in [5.41, 5.74) is 0.821. The van der Waals surface area contributed by atoms with E-state index in [2.05, 4.69) is 32.4 Å². The van der Waals surface area contributed by atoms with Crippen LogP contribution >= 0.6 is 0 Å². The van der Waals surface area contributed by atoms with E-state index in [9.17, 15) is 4.39 Å². The Labute approximate surface area is 172 Å². The van der Waals surface area contributed by atoms with Crippen molar-refractivity contribution in [1.29, 1.82) is 0 Å². The molecule has 2 aromatic rings. The van der Waals surface area contributed by atoms with Crippen molar-refractivity contribution in [1.82, 2.24) is 20.5 Å². The molecule has 1 fully saturated rings. The SMILES string of the molecule is CCCN1CCC(NC(=NC)NCc2ccc(Oc3cccnc3)c(F)c2)CC1. The fourth-order valence-corrected chi connectivity index (χ4v) is 3.46. The van der Waals surface area contributed by atoms with Crippen LogP contribution in [0.4, 0.5) is 4.39 Å². The second kappa shape index (κ2) is 10.8. The fourth-order valence-electron chi connectivity index (χ4n) is 3.46. The van der Waals surface area contributed by atoms with E-state index in [1.54, 1.807) is 37.6 Å². The van der Waals surface area contributed by atoms with Crippen molar-refractivity contribution in [2.24, 2.45) is 4.99 Å². The zero-order chi connectivity index (χ0) is 20.5. The highest BCUT2D eigenvalue weighted by molar-refractivity contribution is 5.79. The van der Waals surface area contributed by atoms with Crippen molar-refractivity contribution in [3.63, 3.8) is 0 Å². The number of hydrogen-bond acceptors (Lipinski definition) is 4. The molecule has 3 rings (SSSR count). The molecule has 156 valence electrons. The molecule has 0 aliphatic carbocycles. The van der Waals surface area contributed by atoms with E-state index in [4.69, 9.17) is 4.74 Å². The van der Waals surface area contributed by atoms with Crippen LogP contribution in [0.5, 0.6) is 11.5 Å². The molecule has 7 heteroatoms. The minimum Gasteiger partial charge on any atom is -0.453 e. The highest BCUT2D eigenvalue weighted by Crippen LogP contribution is 2.24. The maximum atomic E-state index is 14.4. The Morgan fingerprint density at radius 3 is 2.79 bits per heavy atom. The summed E-state index contributed by atoms with van der Waals surface area (Å²) in [5, 5.41) is 6.76. The van der Waals surface area contributed by atoms with Gasteiger partial charge in [0.05, 0.1) is 6.20 Å². The maximum absolute atomic E-state index is 14.4. The zero-order valence-electron chi connectivity index (χ0n) is 17.2. The van der Waals surface area contributed by atoms with Crippen LogP contribution in [-0.4, -0.2) is 48.6 Å². The first-order chi connectivity index (χ1) is 14.2. The van der Waals surface area contributed by atoms with E-state index >= 15 is 0 Å². The lowest BCUT2D eigenvalue weighted by atomic mass is 10.1. The van der Waals surface area contributed by atoms with Crippen molar-refractivity contribution >= 4 is 5.96 Å². The molecule has 1 aromatic heterocycles. The smallest absolute Gasteiger partial charge is 0.191 e. The van der Waals surface area contributed by atoms with Crippen LogP contribution in [0.3, 0.4) is 0 Å². The van der Waals surface area contributed by atoms with Crippen LogP contribution in [0.1, 0.15) is 31.7 Å². The molecule has 0 atom stereocenters. The number of halogens is 1. The molecule has 6 nitrogen and oxygen atoms in total. The Balaban J connectivity index is 1.49. The van der Waals surface area contributed by atoms with Crippen LogP contribution in [0.2, 0.25) is 0 Å². The normalized spacial score (nSPS) is 15.9. The number of nitrogens with zero attached hydrogens (tertiary/aromatic N) is 3. The lowest BCUT2D eigenvalue weighted by molar-refractivity contribution is 0.206. The fraction of sp³-hybridized carbons (Fsp3) is 0.455. The lowest BCUT2D eigenvalue weighted by Crippen LogP contribution is -2.48. The standard InChI is InChI=1S/C22H30FN5O/c1-3-11-28-12-8-18(9-13-28)27-22(24-2)26-15-17-6-7-21(20(23)14-17)29-19-5-4-10-25-16-19/h4-7,10,14,16,18H,3,8-9,11-13,15H2,1-2H3,(H2,24,26,27). The van der Waals surface area contributed by atoms with Crippen molar-refractivity contribution in [3.8, 4) is 11.5 Å². The first kappa shape index (κ1) is 21.0. The first-order valence-electron chi connectivity index (χ1n) is 10.2. The number of likely N-dealkylation sites (tertiary alicyclic amines) is 1. The Morgan fingerprint density at radius 2 is 2.14 bits per heavy atom. The Morgan fingerprint density at radius 1 is 1.31 bits per heavy atom. The summed E-state index contributed by atoms with van der Waals surface area (Å²) in [6, 6.07) is 8.87. The van der Waals surface area contributed by atoms with Gasteiger partial charge in [0.2, 0.25) is 0 Å². The number of aliphatic imine (C=N–C) groups is 1. The average molecular weight is 400 g/mol. The number of aromatic nitrogens is 1. The molecule has 0 bridgehead atoms. The molecule has 2 heterocycles. The van der Waals surface area contributed by atoms with Gasteiger partial charge in [-0.2, -0.15) is 0 Å². The van der Waals surface area contributed by atoms with E-state index in [1.807, 2.05) is 6.07 Å². The molecule has 1 aliphatic heterocycles. The minimum atomic E-state index is -0.403. The van der Waals surface area contributed by atoms with Crippen molar-refractivity contribution in [3.05, 3.63) is 54.1 Å². The van der Waals surface area contributed by atoms with Gasteiger partial charge in [-0.25, -0.2) is 4.39 Å². The summed E-state index contributed by atoms with van der Waals surface area (Å²) < 4.78 is 19.9. The molecule has 2 N–H and O–H groups in total. The number of hydrogen-bond donors (Lipinski definition) is 2. The van der Waals surface area contributed by atoms with Gasteiger partial charge in [-0.15, -0.1) is 0 Å². The molecular formula is C22H30FN5O. The van der Waals surface area contributed by atoms with Gasteiger partial charge in [0.15, 0.2) is 17.5 Å². The zero-order valence-corrected chi connectivity index (χ0v) is 17.2. The molecule has 0 saturated carbocycles. The third kappa shape index (κ3) is 6.42. The van der Waals surface area contributed by atoms with Crippen LogP contribution in [0, 0.1) is 5.82 Å². The number of nitrogens with one attached hydrogen (secondary N) is 2. The van der Waals surface area contributed by atoms with Crippen LogP contribution in [0.15, 0.2) is 47.7 Å². The Hall–Kier alpha value is -2.67. The van der Waals surface area contributed by atoms with Crippen LogP contribution < -0.4 is 15.4 Å². The largest absolute Gasteiger partial charge is 0.453 e. The number of piperidine rings is 1. The second-order valence-corrected chi connectivity index (χ2v) is 7.24. The Bertz CT molecular complexity index is 791. The van der Waals surface area contributed by atoms with Crippen LogP contribution in [-0.2, 0) is 6.54 Å². The molecule has 1 aliphatic rings. The molecule has 1 saturated heterocycles. The number of ether oxygens (including phenoxy) is 1. The summed E-state index contributed by atoms with van der Waals surface area (Å²) in [7, 11) is 1.76. The third-order valence-corrected chi connectivity index (χ3v) is 5.01. The van der Waals surface area contributed by atoms with Crippen molar-refractivity contribution in [2.75, 3.05) is 26.7 Å². The van der Waals surface area contributed by atoms with Gasteiger partial charge in [0.1, 0.15) is 5.75 Å². The van der Waals surface area contributed by atoms with E-state index in [0.29, 0.717) is 18.3 Å². The van der Waals surface area contributed by atoms with Gasteiger partial charge in [0, 0.05) is 38.9 Å². The van der Waals surface area contributed by atoms with Crippen molar-refractivity contribution < 1.29 is 9.13 Å². The highest BCUT2D eigenvalue weighted by Gasteiger charge is 2.19. The summed E-state index contributed by atoms with van der Waals surface area (Å²) in [6.45, 7) is 6.11. The van der Waals surface area contributed by atoms with E-state index in [-0.39, 0.29) is 5.75 Å². The van der Waals surface area contributed by atoms with Gasteiger partial charge in [-0.05, 0) is 55.6 Å². The van der Waals surface area contributed by atoms with Crippen LogP contribution in [0.25, 0.3) is 0 Å². The van der Waals surface area contributed by atoms with Gasteiger partial charge < -0.3 is 20.3 Å².